The van der Waals surface area contributed by atoms with E-state index >= 15 is 0 Å². The Morgan fingerprint density at radius 3 is 2.63 bits per heavy atom. The number of hydrogen-bond donors (Lipinski definition) is 2. The molecule has 1 aromatic carbocycles. The number of fused-ring (bicyclic) bond motifs is 1. The molecule has 0 spiro atoms. The predicted octanol–water partition coefficient (Wildman–Crippen LogP) is 1.96. The third kappa shape index (κ3) is 6.48. The molecule has 2 aliphatic rings. The molecule has 35 heavy (non-hydrogen) atoms. The maximum Gasteiger partial charge on any atom is 0.272 e. The summed E-state index contributed by atoms with van der Waals surface area (Å²) in [5.41, 5.74) is 2.78. The van der Waals surface area contributed by atoms with Gasteiger partial charge in [-0.05, 0) is 51.8 Å². The van der Waals surface area contributed by atoms with Crippen LogP contribution in [0.15, 0.2) is 30.3 Å². The van der Waals surface area contributed by atoms with Gasteiger partial charge in [0.05, 0.1) is 0 Å². The van der Waals surface area contributed by atoms with Crippen molar-refractivity contribution in [1.29, 1.82) is 0 Å². The SMILES string of the molecule is Cc1cccc(CN2CCCn3nc(C(=O)NC(C)C(=O)NCCN4CCCCC4)cc3C2=O)c1. The fourth-order valence-corrected chi connectivity index (χ4v) is 4.74. The fraction of sp³-hybridized carbons (Fsp3) is 0.538. The second-order valence-electron chi connectivity index (χ2n) is 9.60. The molecule has 1 unspecified atom stereocenters. The van der Waals surface area contributed by atoms with Crippen LogP contribution in [-0.4, -0.2) is 76.1 Å². The lowest BCUT2D eigenvalue weighted by molar-refractivity contribution is -0.122. The third-order valence-electron chi connectivity index (χ3n) is 6.69. The second kappa shape index (κ2) is 11.5. The normalized spacial score (nSPS) is 17.4. The highest BCUT2D eigenvalue weighted by Crippen LogP contribution is 2.17. The van der Waals surface area contributed by atoms with Crippen LogP contribution in [0, 0.1) is 6.92 Å². The van der Waals surface area contributed by atoms with Crippen molar-refractivity contribution in [3.8, 4) is 0 Å². The molecular weight excluding hydrogens is 444 g/mol. The van der Waals surface area contributed by atoms with Gasteiger partial charge in [-0.15, -0.1) is 0 Å². The van der Waals surface area contributed by atoms with Gasteiger partial charge in [0, 0.05) is 38.8 Å². The molecule has 0 radical (unpaired) electrons. The number of benzene rings is 1. The Balaban J connectivity index is 1.32. The van der Waals surface area contributed by atoms with Crippen LogP contribution in [0.4, 0.5) is 0 Å². The van der Waals surface area contributed by atoms with E-state index < -0.39 is 11.9 Å². The van der Waals surface area contributed by atoms with Crippen molar-refractivity contribution in [3.05, 3.63) is 52.8 Å². The molecule has 9 nitrogen and oxygen atoms in total. The molecule has 1 atom stereocenters. The third-order valence-corrected chi connectivity index (χ3v) is 6.69. The number of hydrogen-bond acceptors (Lipinski definition) is 5. The Morgan fingerprint density at radius 1 is 1.06 bits per heavy atom. The minimum absolute atomic E-state index is 0.140. The lowest BCUT2D eigenvalue weighted by Gasteiger charge is -2.26. The lowest BCUT2D eigenvalue weighted by atomic mass is 10.1. The van der Waals surface area contributed by atoms with E-state index in [1.165, 1.54) is 25.3 Å². The van der Waals surface area contributed by atoms with Crippen LogP contribution in [-0.2, 0) is 17.9 Å². The van der Waals surface area contributed by atoms with Crippen LogP contribution in [0.5, 0.6) is 0 Å². The number of nitrogens with zero attached hydrogens (tertiary/aromatic N) is 4. The molecule has 9 heteroatoms. The van der Waals surface area contributed by atoms with Crippen molar-refractivity contribution in [3.63, 3.8) is 0 Å². The zero-order chi connectivity index (χ0) is 24.8. The van der Waals surface area contributed by atoms with Crippen molar-refractivity contribution in [2.45, 2.75) is 58.7 Å². The Morgan fingerprint density at radius 2 is 1.86 bits per heavy atom. The highest BCUT2D eigenvalue weighted by molar-refractivity contribution is 5.99. The van der Waals surface area contributed by atoms with Gasteiger partial charge in [-0.1, -0.05) is 36.2 Å². The number of amides is 3. The monoisotopic (exact) mass is 480 g/mol. The molecular formula is C26H36N6O3. The number of carbonyl (C=O) groups is 3. The largest absolute Gasteiger partial charge is 0.353 e. The van der Waals surface area contributed by atoms with E-state index in [9.17, 15) is 14.4 Å². The van der Waals surface area contributed by atoms with Gasteiger partial charge in [0.25, 0.3) is 11.8 Å². The van der Waals surface area contributed by atoms with Crippen LogP contribution in [0.2, 0.25) is 0 Å². The van der Waals surface area contributed by atoms with E-state index in [-0.39, 0.29) is 17.5 Å². The molecule has 1 saturated heterocycles. The molecule has 0 bridgehead atoms. The molecule has 1 aromatic heterocycles. The molecule has 188 valence electrons. The summed E-state index contributed by atoms with van der Waals surface area (Å²) in [4.78, 5) is 42.6. The summed E-state index contributed by atoms with van der Waals surface area (Å²) in [5.74, 6) is -0.821. The minimum atomic E-state index is -0.695. The van der Waals surface area contributed by atoms with Crippen LogP contribution >= 0.6 is 0 Å². The van der Waals surface area contributed by atoms with Gasteiger partial charge in [-0.25, -0.2) is 0 Å². The van der Waals surface area contributed by atoms with Crippen LogP contribution in [0.3, 0.4) is 0 Å². The number of piperidine rings is 1. The van der Waals surface area contributed by atoms with Crippen LogP contribution < -0.4 is 10.6 Å². The molecule has 0 aliphatic carbocycles. The number of aryl methyl sites for hydroxylation is 2. The summed E-state index contributed by atoms with van der Waals surface area (Å²) in [7, 11) is 0. The topological polar surface area (TPSA) is 99.6 Å². The van der Waals surface area contributed by atoms with Crippen molar-refractivity contribution in [1.82, 2.24) is 30.2 Å². The number of carbonyl (C=O) groups excluding carboxylic acids is 3. The molecule has 0 saturated carbocycles. The highest BCUT2D eigenvalue weighted by atomic mass is 16.2. The quantitative estimate of drug-likeness (QED) is 0.602. The first-order valence-electron chi connectivity index (χ1n) is 12.6. The summed E-state index contributed by atoms with van der Waals surface area (Å²) in [5, 5.41) is 9.99. The molecule has 2 aliphatic heterocycles. The molecule has 2 N–H and O–H groups in total. The first kappa shape index (κ1) is 24.9. The Labute approximate surface area is 206 Å². The number of rotatable bonds is 8. The average Bonchev–Trinajstić information content (AvgIpc) is 3.22. The number of likely N-dealkylation sites (tertiary alicyclic amines) is 1. The van der Waals surface area contributed by atoms with E-state index in [2.05, 4.69) is 26.7 Å². The summed E-state index contributed by atoms with van der Waals surface area (Å²) in [6.45, 7) is 8.93. The molecule has 3 amide bonds. The van der Waals surface area contributed by atoms with Gasteiger partial charge in [-0.3, -0.25) is 19.1 Å². The van der Waals surface area contributed by atoms with E-state index in [0.717, 1.165) is 37.2 Å². The summed E-state index contributed by atoms with van der Waals surface area (Å²) < 4.78 is 1.61. The first-order chi connectivity index (χ1) is 16.9. The second-order valence-corrected chi connectivity index (χ2v) is 9.60. The van der Waals surface area contributed by atoms with E-state index in [0.29, 0.717) is 31.9 Å². The van der Waals surface area contributed by atoms with Gasteiger partial charge in [0.2, 0.25) is 5.91 Å². The van der Waals surface area contributed by atoms with Gasteiger partial charge < -0.3 is 20.4 Å². The molecule has 1 fully saturated rings. The van der Waals surface area contributed by atoms with Gasteiger partial charge in [0.15, 0.2) is 5.69 Å². The Hall–Kier alpha value is -3.20. The highest BCUT2D eigenvalue weighted by Gasteiger charge is 2.27. The van der Waals surface area contributed by atoms with E-state index in [4.69, 9.17) is 0 Å². The van der Waals surface area contributed by atoms with E-state index in [1.807, 2.05) is 25.1 Å². The zero-order valence-electron chi connectivity index (χ0n) is 20.8. The smallest absolute Gasteiger partial charge is 0.272 e. The summed E-state index contributed by atoms with van der Waals surface area (Å²) >= 11 is 0. The molecule has 2 aromatic rings. The number of nitrogens with one attached hydrogen (secondary N) is 2. The van der Waals surface area contributed by atoms with Crippen LogP contribution in [0.1, 0.15) is 64.7 Å². The van der Waals surface area contributed by atoms with E-state index in [1.54, 1.807) is 16.5 Å². The summed E-state index contributed by atoms with van der Waals surface area (Å²) in [6, 6.07) is 8.95. The number of aromatic nitrogens is 2. The Bertz CT molecular complexity index is 1060. The predicted molar refractivity (Wildman–Crippen MR) is 133 cm³/mol. The van der Waals surface area contributed by atoms with Gasteiger partial charge in [0.1, 0.15) is 11.7 Å². The zero-order valence-corrected chi connectivity index (χ0v) is 20.8. The maximum atomic E-state index is 13.2. The van der Waals surface area contributed by atoms with Gasteiger partial charge >= 0.3 is 0 Å². The first-order valence-corrected chi connectivity index (χ1v) is 12.6. The molecule has 3 heterocycles. The lowest BCUT2D eigenvalue weighted by Crippen LogP contribution is -2.47. The fourth-order valence-electron chi connectivity index (χ4n) is 4.74. The summed E-state index contributed by atoms with van der Waals surface area (Å²) in [6.07, 6.45) is 4.45. The van der Waals surface area contributed by atoms with Crippen LogP contribution in [0.25, 0.3) is 0 Å². The maximum absolute atomic E-state index is 13.2. The minimum Gasteiger partial charge on any atom is -0.353 e. The average molecular weight is 481 g/mol. The van der Waals surface area contributed by atoms with Crippen molar-refractivity contribution in [2.75, 3.05) is 32.7 Å². The van der Waals surface area contributed by atoms with Crippen molar-refractivity contribution < 1.29 is 14.4 Å². The van der Waals surface area contributed by atoms with Crippen molar-refractivity contribution in [2.24, 2.45) is 0 Å². The van der Waals surface area contributed by atoms with Gasteiger partial charge in [-0.2, -0.15) is 5.10 Å². The standard InChI is InChI=1S/C26H36N6O3/c1-19-8-6-9-21(16-19)18-31-13-7-14-32-23(26(31)35)17-22(29-32)25(34)28-20(2)24(33)27-10-15-30-11-4-3-5-12-30/h6,8-9,16-17,20H,3-5,7,10-15,18H2,1-2H3,(H,27,33)(H,28,34). The molecule has 4 rings (SSSR count). The Kier molecular flexibility index (Phi) is 8.17. The van der Waals surface area contributed by atoms with Crippen molar-refractivity contribution >= 4 is 17.7 Å².